The van der Waals surface area contributed by atoms with E-state index in [0.717, 1.165) is 16.8 Å². The van der Waals surface area contributed by atoms with Crippen LogP contribution < -0.4 is 4.90 Å². The fourth-order valence-corrected chi connectivity index (χ4v) is 3.11. The maximum absolute atomic E-state index is 13.2. The average molecular weight is 382 g/mol. The Balaban J connectivity index is 1.77. The predicted octanol–water partition coefficient (Wildman–Crippen LogP) is 4.53. The fraction of sp³-hybridized carbons (Fsp3) is 0.0417. The molecule has 142 valence electrons. The van der Waals surface area contributed by atoms with Crippen molar-refractivity contribution in [3.63, 3.8) is 0 Å². The maximum atomic E-state index is 13.2. The van der Waals surface area contributed by atoms with E-state index in [2.05, 4.69) is 4.99 Å². The second-order valence-electron chi connectivity index (χ2n) is 6.73. The monoisotopic (exact) mass is 382 g/mol. The molecule has 0 unspecified atom stereocenters. The van der Waals surface area contributed by atoms with Gasteiger partial charge in [-0.05, 0) is 42.8 Å². The molecule has 5 nitrogen and oxygen atoms in total. The molecule has 3 aromatic carbocycles. The summed E-state index contributed by atoms with van der Waals surface area (Å²) in [5.41, 5.74) is 3.89. The lowest BCUT2D eigenvalue weighted by Crippen LogP contribution is -2.32. The second kappa shape index (κ2) is 7.56. The number of carboxylic acid groups (broad SMARTS) is 1. The number of carboxylic acids is 1. The van der Waals surface area contributed by atoms with Crippen LogP contribution in [0.4, 0.5) is 5.69 Å². The van der Waals surface area contributed by atoms with E-state index < -0.39 is 5.97 Å². The van der Waals surface area contributed by atoms with E-state index in [1.807, 2.05) is 61.5 Å². The summed E-state index contributed by atoms with van der Waals surface area (Å²) in [5, 5.41) is 9.04. The van der Waals surface area contributed by atoms with E-state index in [4.69, 9.17) is 5.11 Å². The predicted molar refractivity (Wildman–Crippen MR) is 113 cm³/mol. The van der Waals surface area contributed by atoms with E-state index in [0.29, 0.717) is 17.1 Å². The first-order valence-electron chi connectivity index (χ1n) is 9.13. The van der Waals surface area contributed by atoms with E-state index >= 15 is 0 Å². The second-order valence-corrected chi connectivity index (χ2v) is 6.73. The van der Waals surface area contributed by atoms with Gasteiger partial charge >= 0.3 is 5.97 Å². The van der Waals surface area contributed by atoms with Gasteiger partial charge in [-0.15, -0.1) is 0 Å². The molecule has 0 aromatic heterocycles. The van der Waals surface area contributed by atoms with Gasteiger partial charge in [0.25, 0.3) is 5.91 Å². The van der Waals surface area contributed by atoms with Gasteiger partial charge in [0.15, 0.2) is 0 Å². The Kier molecular flexibility index (Phi) is 4.79. The summed E-state index contributed by atoms with van der Waals surface area (Å²) < 4.78 is 0. The van der Waals surface area contributed by atoms with Gasteiger partial charge in [-0.1, -0.05) is 60.2 Å². The van der Waals surface area contributed by atoms with Crippen LogP contribution in [0.3, 0.4) is 0 Å². The van der Waals surface area contributed by atoms with Crippen molar-refractivity contribution < 1.29 is 14.7 Å². The van der Waals surface area contributed by atoms with Crippen LogP contribution in [0.15, 0.2) is 89.6 Å². The number of aromatic carboxylic acids is 1. The number of amidine groups is 1. The van der Waals surface area contributed by atoms with Crippen LogP contribution >= 0.6 is 0 Å². The summed E-state index contributed by atoms with van der Waals surface area (Å²) in [6.07, 6.45) is 1.67. The first-order chi connectivity index (χ1) is 14.0. The van der Waals surface area contributed by atoms with Gasteiger partial charge in [-0.2, -0.15) is 0 Å². The van der Waals surface area contributed by atoms with Crippen LogP contribution in [0.25, 0.3) is 6.08 Å². The minimum atomic E-state index is -0.990. The van der Waals surface area contributed by atoms with E-state index in [1.54, 1.807) is 23.1 Å². The molecule has 1 amide bonds. The van der Waals surface area contributed by atoms with Crippen molar-refractivity contribution in [2.45, 2.75) is 6.92 Å². The number of rotatable bonds is 4. The molecule has 4 rings (SSSR count). The van der Waals surface area contributed by atoms with Crippen molar-refractivity contribution in [2.75, 3.05) is 4.90 Å². The summed E-state index contributed by atoms with van der Waals surface area (Å²) in [6.45, 7) is 1.99. The van der Waals surface area contributed by atoms with Crippen LogP contribution in [-0.4, -0.2) is 22.8 Å². The fourth-order valence-electron chi connectivity index (χ4n) is 3.11. The molecule has 0 saturated carbocycles. The lowest BCUT2D eigenvalue weighted by molar-refractivity contribution is -0.113. The summed E-state index contributed by atoms with van der Waals surface area (Å²) in [5.74, 6) is -0.654. The van der Waals surface area contributed by atoms with E-state index in [-0.39, 0.29) is 11.5 Å². The highest BCUT2D eigenvalue weighted by Crippen LogP contribution is 2.28. The van der Waals surface area contributed by atoms with Crippen molar-refractivity contribution in [1.29, 1.82) is 0 Å². The Bertz CT molecular complexity index is 1130. The number of aliphatic imine (C=N–C) groups is 1. The SMILES string of the molecule is Cc1ccc(N2C(=O)/C(=C\c3ccc(C(=O)O)cc3)N=C2c2ccccc2)cc1. The lowest BCUT2D eigenvalue weighted by atomic mass is 10.1. The normalized spacial score (nSPS) is 14.9. The third-order valence-electron chi connectivity index (χ3n) is 4.65. The molecule has 1 aliphatic heterocycles. The zero-order chi connectivity index (χ0) is 20.4. The Morgan fingerprint density at radius 2 is 1.59 bits per heavy atom. The molecule has 1 heterocycles. The number of anilines is 1. The van der Waals surface area contributed by atoms with Gasteiger partial charge in [-0.25, -0.2) is 9.79 Å². The highest BCUT2D eigenvalue weighted by atomic mass is 16.4. The minimum absolute atomic E-state index is 0.194. The van der Waals surface area contributed by atoms with Crippen molar-refractivity contribution >= 4 is 29.5 Å². The van der Waals surface area contributed by atoms with E-state index in [1.165, 1.54) is 12.1 Å². The Morgan fingerprint density at radius 3 is 2.21 bits per heavy atom. The highest BCUT2D eigenvalue weighted by Gasteiger charge is 2.32. The van der Waals surface area contributed by atoms with Crippen LogP contribution in [0.2, 0.25) is 0 Å². The molecule has 5 heteroatoms. The molecule has 1 N–H and O–H groups in total. The quantitative estimate of drug-likeness (QED) is 0.674. The van der Waals surface area contributed by atoms with Crippen molar-refractivity contribution in [3.05, 3.63) is 107 Å². The Morgan fingerprint density at radius 1 is 0.931 bits per heavy atom. The summed E-state index contributed by atoms with van der Waals surface area (Å²) in [6, 6.07) is 23.6. The lowest BCUT2D eigenvalue weighted by Gasteiger charge is -2.18. The Hall–Kier alpha value is -3.99. The molecule has 0 aliphatic carbocycles. The van der Waals surface area contributed by atoms with Crippen LogP contribution in [0, 0.1) is 6.92 Å². The molecule has 0 radical (unpaired) electrons. The first kappa shape index (κ1) is 18.4. The smallest absolute Gasteiger partial charge is 0.335 e. The molecular formula is C24H18N2O3. The van der Waals surface area contributed by atoms with Gasteiger partial charge in [-0.3, -0.25) is 9.69 Å². The number of nitrogens with zero attached hydrogens (tertiary/aromatic N) is 2. The number of aryl methyl sites for hydroxylation is 1. The minimum Gasteiger partial charge on any atom is -0.478 e. The summed E-state index contributed by atoms with van der Waals surface area (Å²) >= 11 is 0. The third kappa shape index (κ3) is 3.71. The average Bonchev–Trinajstić information content (AvgIpc) is 3.06. The zero-order valence-electron chi connectivity index (χ0n) is 15.7. The van der Waals surface area contributed by atoms with E-state index in [9.17, 15) is 9.59 Å². The van der Waals surface area contributed by atoms with Crippen LogP contribution in [-0.2, 0) is 4.79 Å². The number of hydrogen-bond acceptors (Lipinski definition) is 3. The molecule has 0 spiro atoms. The van der Waals surface area contributed by atoms with Gasteiger partial charge in [0.2, 0.25) is 0 Å². The molecular weight excluding hydrogens is 364 g/mol. The summed E-state index contributed by atoms with van der Waals surface area (Å²) in [4.78, 5) is 30.5. The van der Waals surface area contributed by atoms with Crippen molar-refractivity contribution in [1.82, 2.24) is 0 Å². The number of benzene rings is 3. The van der Waals surface area contributed by atoms with Gasteiger partial charge < -0.3 is 5.11 Å². The molecule has 0 atom stereocenters. The molecule has 29 heavy (non-hydrogen) atoms. The summed E-state index contributed by atoms with van der Waals surface area (Å²) in [7, 11) is 0. The Labute approximate surface area is 168 Å². The van der Waals surface area contributed by atoms with Gasteiger partial charge in [0.05, 0.1) is 11.3 Å². The molecule has 0 fully saturated rings. The number of amides is 1. The van der Waals surface area contributed by atoms with Gasteiger partial charge in [0, 0.05) is 5.56 Å². The number of hydrogen-bond donors (Lipinski definition) is 1. The largest absolute Gasteiger partial charge is 0.478 e. The molecule has 3 aromatic rings. The zero-order valence-corrected chi connectivity index (χ0v) is 15.7. The topological polar surface area (TPSA) is 70.0 Å². The molecule has 0 saturated heterocycles. The standard InChI is InChI=1S/C24H18N2O3/c1-16-7-13-20(14-8-16)26-22(18-5-3-2-4-6-18)25-21(23(26)27)15-17-9-11-19(12-10-17)24(28)29/h2-15H,1H3,(H,28,29)/b21-15+. The number of carbonyl (C=O) groups is 2. The van der Waals surface area contributed by atoms with Crippen LogP contribution in [0.1, 0.15) is 27.0 Å². The molecule has 1 aliphatic rings. The van der Waals surface area contributed by atoms with Crippen molar-refractivity contribution in [2.24, 2.45) is 4.99 Å². The third-order valence-corrected chi connectivity index (χ3v) is 4.65. The molecule has 0 bridgehead atoms. The first-order valence-corrected chi connectivity index (χ1v) is 9.13. The highest BCUT2D eigenvalue weighted by molar-refractivity contribution is 6.33. The van der Waals surface area contributed by atoms with Gasteiger partial charge in [0.1, 0.15) is 11.5 Å². The maximum Gasteiger partial charge on any atom is 0.335 e. The van der Waals surface area contributed by atoms with Crippen molar-refractivity contribution in [3.8, 4) is 0 Å². The van der Waals surface area contributed by atoms with Crippen LogP contribution in [0.5, 0.6) is 0 Å². The number of carbonyl (C=O) groups excluding carboxylic acids is 1.